The van der Waals surface area contributed by atoms with E-state index in [1.807, 2.05) is 11.0 Å². The van der Waals surface area contributed by atoms with Crippen LogP contribution in [-0.4, -0.2) is 53.7 Å². The van der Waals surface area contributed by atoms with Crippen LogP contribution in [0.25, 0.3) is 16.8 Å². The van der Waals surface area contributed by atoms with E-state index >= 15 is 0 Å². The summed E-state index contributed by atoms with van der Waals surface area (Å²) in [5.74, 6) is -1.74. The van der Waals surface area contributed by atoms with Crippen molar-refractivity contribution in [3.8, 4) is 16.8 Å². The fourth-order valence-corrected chi connectivity index (χ4v) is 5.92. The summed E-state index contributed by atoms with van der Waals surface area (Å²) in [6.07, 6.45) is 4.55. The molecule has 4 aromatic rings. The predicted molar refractivity (Wildman–Crippen MR) is 136 cm³/mol. The van der Waals surface area contributed by atoms with Crippen LogP contribution in [-0.2, 0) is 15.8 Å². The molecule has 0 spiro atoms. The van der Waals surface area contributed by atoms with Crippen LogP contribution in [0, 0.1) is 11.6 Å². The molecule has 8 nitrogen and oxygen atoms in total. The van der Waals surface area contributed by atoms with Crippen molar-refractivity contribution in [2.24, 2.45) is 0 Å². The molecule has 5 rings (SSSR count). The third-order valence-corrected chi connectivity index (χ3v) is 8.03. The molecule has 1 saturated heterocycles. The Morgan fingerprint density at radius 3 is 2.16 bits per heavy atom. The number of rotatable bonds is 6. The van der Waals surface area contributed by atoms with E-state index in [-0.39, 0.29) is 30.1 Å². The van der Waals surface area contributed by atoms with E-state index < -0.39 is 27.2 Å². The van der Waals surface area contributed by atoms with Crippen LogP contribution in [0.4, 0.5) is 14.5 Å². The van der Waals surface area contributed by atoms with Gasteiger partial charge in [-0.25, -0.2) is 17.2 Å². The number of hydrogen-bond donors (Lipinski definition) is 0. The Hall–Kier alpha value is -3.96. The molecule has 1 aliphatic heterocycles. The number of nitrogens with zero attached hydrogens (tertiary/aromatic N) is 5. The van der Waals surface area contributed by atoms with Crippen LogP contribution in [0.2, 0.25) is 0 Å². The Morgan fingerprint density at radius 1 is 0.865 bits per heavy atom. The molecule has 0 bridgehead atoms. The second kappa shape index (κ2) is 10.2. The van der Waals surface area contributed by atoms with E-state index in [2.05, 4.69) is 10.1 Å². The molecule has 2 aromatic carbocycles. The molecule has 37 heavy (non-hydrogen) atoms. The summed E-state index contributed by atoms with van der Waals surface area (Å²) >= 11 is 0. The second-order valence-electron chi connectivity index (χ2n) is 8.61. The molecule has 0 radical (unpaired) electrons. The van der Waals surface area contributed by atoms with Crippen LogP contribution in [0.15, 0.2) is 84.0 Å². The number of sulfonamides is 1. The SMILES string of the molecule is O=c1c(-c2ccncc2)c(N2CCN(S(=O)(=O)Cc3ccccc3)CC2)cnn1-c1cc(F)cc(F)c1. The Bertz CT molecular complexity index is 1550. The van der Waals surface area contributed by atoms with Crippen molar-refractivity contribution in [1.29, 1.82) is 0 Å². The van der Waals surface area contributed by atoms with Gasteiger partial charge in [-0.1, -0.05) is 30.3 Å². The van der Waals surface area contributed by atoms with Gasteiger partial charge in [-0.3, -0.25) is 9.78 Å². The number of pyridine rings is 1. The lowest BCUT2D eigenvalue weighted by Gasteiger charge is -2.36. The van der Waals surface area contributed by atoms with Crippen molar-refractivity contribution in [2.45, 2.75) is 5.75 Å². The molecular weight excluding hydrogens is 500 g/mol. The molecule has 0 saturated carbocycles. The quantitative estimate of drug-likeness (QED) is 0.386. The highest BCUT2D eigenvalue weighted by atomic mass is 32.2. The maximum absolute atomic E-state index is 13.9. The van der Waals surface area contributed by atoms with Gasteiger partial charge in [-0.15, -0.1) is 0 Å². The van der Waals surface area contributed by atoms with Crippen molar-refractivity contribution in [2.75, 3.05) is 31.1 Å². The van der Waals surface area contributed by atoms with Crippen LogP contribution < -0.4 is 10.5 Å². The summed E-state index contributed by atoms with van der Waals surface area (Å²) in [4.78, 5) is 19.5. The van der Waals surface area contributed by atoms with Gasteiger partial charge in [-0.05, 0) is 35.4 Å². The summed E-state index contributed by atoms with van der Waals surface area (Å²) in [5.41, 5.74) is 1.45. The third kappa shape index (κ3) is 5.27. The van der Waals surface area contributed by atoms with Crippen molar-refractivity contribution >= 4 is 15.7 Å². The molecule has 0 atom stereocenters. The van der Waals surface area contributed by atoms with E-state index in [4.69, 9.17) is 0 Å². The standard InChI is InChI=1S/C26H23F2N5O3S/c27-21-14-22(28)16-23(15-21)33-26(34)25(20-6-8-29-9-7-20)24(17-30-33)31-10-12-32(13-11-31)37(35,36)18-19-4-2-1-3-5-19/h1-9,14-17H,10-13,18H2. The zero-order valence-corrected chi connectivity index (χ0v) is 20.5. The van der Waals surface area contributed by atoms with Gasteiger partial charge in [0.2, 0.25) is 10.0 Å². The zero-order chi connectivity index (χ0) is 26.0. The minimum Gasteiger partial charge on any atom is -0.367 e. The number of aromatic nitrogens is 3. The number of piperazine rings is 1. The van der Waals surface area contributed by atoms with E-state index in [9.17, 15) is 22.0 Å². The van der Waals surface area contributed by atoms with Crippen molar-refractivity contribution in [3.63, 3.8) is 0 Å². The van der Waals surface area contributed by atoms with Crippen molar-refractivity contribution in [3.05, 3.63) is 107 Å². The van der Waals surface area contributed by atoms with Gasteiger partial charge in [0.25, 0.3) is 5.56 Å². The van der Waals surface area contributed by atoms with Crippen LogP contribution in [0.5, 0.6) is 0 Å². The molecule has 0 N–H and O–H groups in total. The summed E-state index contributed by atoms with van der Waals surface area (Å²) in [6, 6.07) is 15.1. The van der Waals surface area contributed by atoms with Crippen LogP contribution in [0.1, 0.15) is 5.56 Å². The zero-order valence-electron chi connectivity index (χ0n) is 19.7. The highest BCUT2D eigenvalue weighted by Gasteiger charge is 2.29. The third-order valence-electron chi connectivity index (χ3n) is 6.18. The van der Waals surface area contributed by atoms with Gasteiger partial charge in [0.1, 0.15) is 11.6 Å². The minimum absolute atomic E-state index is 0.0406. The monoisotopic (exact) mass is 523 g/mol. The highest BCUT2D eigenvalue weighted by molar-refractivity contribution is 7.88. The first-order valence-corrected chi connectivity index (χ1v) is 13.2. The number of halogens is 2. The van der Waals surface area contributed by atoms with Crippen LogP contribution >= 0.6 is 0 Å². The first-order valence-electron chi connectivity index (χ1n) is 11.6. The van der Waals surface area contributed by atoms with Gasteiger partial charge in [0.05, 0.1) is 28.9 Å². The maximum Gasteiger partial charge on any atom is 0.281 e. The Morgan fingerprint density at radius 2 is 1.51 bits per heavy atom. The van der Waals surface area contributed by atoms with E-state index in [1.54, 1.807) is 48.8 Å². The van der Waals surface area contributed by atoms with Gasteiger partial charge < -0.3 is 4.90 Å². The fraction of sp³-hybridized carbons (Fsp3) is 0.192. The smallest absolute Gasteiger partial charge is 0.281 e. The molecule has 190 valence electrons. The van der Waals surface area contributed by atoms with E-state index in [0.29, 0.717) is 29.9 Å². The lowest BCUT2D eigenvalue weighted by molar-refractivity contribution is 0.384. The van der Waals surface area contributed by atoms with Gasteiger partial charge >= 0.3 is 0 Å². The fourth-order valence-electron chi connectivity index (χ4n) is 4.40. The molecule has 1 fully saturated rings. The first kappa shape index (κ1) is 24.7. The summed E-state index contributed by atoms with van der Waals surface area (Å²) in [5, 5.41) is 4.20. The summed E-state index contributed by atoms with van der Waals surface area (Å²) in [7, 11) is -3.52. The molecule has 0 aliphatic carbocycles. The second-order valence-corrected chi connectivity index (χ2v) is 10.6. The Kier molecular flexibility index (Phi) is 6.81. The van der Waals surface area contributed by atoms with E-state index in [0.717, 1.165) is 22.9 Å². The number of benzene rings is 2. The Labute approximate surface area is 212 Å². The number of hydrogen-bond acceptors (Lipinski definition) is 6. The minimum atomic E-state index is -3.52. The molecule has 11 heteroatoms. The molecule has 2 aromatic heterocycles. The van der Waals surface area contributed by atoms with Gasteiger partial charge in [0, 0.05) is 44.6 Å². The van der Waals surface area contributed by atoms with Crippen molar-refractivity contribution < 1.29 is 17.2 Å². The molecule has 1 aliphatic rings. The lowest BCUT2D eigenvalue weighted by atomic mass is 10.1. The van der Waals surface area contributed by atoms with Gasteiger partial charge in [0.15, 0.2) is 0 Å². The lowest BCUT2D eigenvalue weighted by Crippen LogP contribution is -2.49. The molecular formula is C26H23F2N5O3S. The molecule has 0 amide bonds. The average Bonchev–Trinajstić information content (AvgIpc) is 2.89. The normalized spacial score (nSPS) is 14.6. The molecule has 0 unspecified atom stereocenters. The largest absolute Gasteiger partial charge is 0.367 e. The summed E-state index contributed by atoms with van der Waals surface area (Å²) in [6.45, 7) is 1.16. The highest BCUT2D eigenvalue weighted by Crippen LogP contribution is 2.29. The topological polar surface area (TPSA) is 88.4 Å². The van der Waals surface area contributed by atoms with Crippen LogP contribution in [0.3, 0.4) is 0 Å². The summed E-state index contributed by atoms with van der Waals surface area (Å²) < 4.78 is 56.1. The molecule has 3 heterocycles. The average molecular weight is 524 g/mol. The Balaban J connectivity index is 1.46. The first-order chi connectivity index (χ1) is 17.8. The number of anilines is 1. The van der Waals surface area contributed by atoms with Crippen molar-refractivity contribution in [1.82, 2.24) is 19.1 Å². The predicted octanol–water partition coefficient (Wildman–Crippen LogP) is 3.22. The van der Waals surface area contributed by atoms with Gasteiger partial charge in [-0.2, -0.15) is 14.1 Å². The maximum atomic E-state index is 13.9. The van der Waals surface area contributed by atoms with E-state index in [1.165, 1.54) is 10.5 Å².